The number of aliphatic hydroxyl groups excluding tert-OH is 2. The van der Waals surface area contributed by atoms with Crippen molar-refractivity contribution < 1.29 is 56.0 Å². The third-order valence-corrected chi connectivity index (χ3v) is 10.9. The number of alkyl halides is 4. The van der Waals surface area contributed by atoms with Crippen LogP contribution in [-0.4, -0.2) is 77.1 Å². The predicted octanol–water partition coefficient (Wildman–Crippen LogP) is 3.44. The van der Waals surface area contributed by atoms with Gasteiger partial charge in [0.25, 0.3) is 5.92 Å². The number of ketones is 2. The van der Waals surface area contributed by atoms with E-state index >= 15 is 8.78 Å². The van der Waals surface area contributed by atoms with Crippen molar-refractivity contribution in [3.8, 4) is 5.75 Å². The third-order valence-electron chi connectivity index (χ3n) is 10.9. The summed E-state index contributed by atoms with van der Waals surface area (Å²) in [4.78, 5) is 25.6. The molecule has 44 heavy (non-hydrogen) atoms. The van der Waals surface area contributed by atoms with Crippen molar-refractivity contribution in [3.63, 3.8) is 0 Å². The third kappa shape index (κ3) is 4.05. The molecule has 4 fully saturated rings. The van der Waals surface area contributed by atoms with E-state index in [2.05, 4.69) is 0 Å². The molecule has 6 rings (SSSR count). The van der Waals surface area contributed by atoms with Crippen LogP contribution in [0.2, 0.25) is 0 Å². The van der Waals surface area contributed by atoms with Crippen molar-refractivity contribution in [2.24, 2.45) is 28.4 Å². The zero-order chi connectivity index (χ0) is 32.0. The second-order valence-electron chi connectivity index (χ2n) is 13.0. The van der Waals surface area contributed by atoms with Crippen LogP contribution in [0.4, 0.5) is 22.0 Å². The maximum absolute atomic E-state index is 17.5. The van der Waals surface area contributed by atoms with Crippen LogP contribution in [0.1, 0.15) is 45.0 Å². The topological polar surface area (TPSA) is 128 Å². The fraction of sp³-hybridized carbons (Fsp3) is 0.613. The molecule has 8 nitrogen and oxygen atoms in total. The Morgan fingerprint density at radius 2 is 1.95 bits per heavy atom. The Balaban J connectivity index is 1.34. The molecule has 1 aromatic carbocycles. The van der Waals surface area contributed by atoms with Crippen LogP contribution in [0.15, 0.2) is 42.0 Å². The van der Waals surface area contributed by atoms with Gasteiger partial charge in [-0.05, 0) is 62.0 Å². The van der Waals surface area contributed by atoms with Gasteiger partial charge in [0.15, 0.2) is 47.3 Å². The quantitative estimate of drug-likeness (QED) is 0.393. The van der Waals surface area contributed by atoms with Crippen LogP contribution in [-0.2, 0) is 19.1 Å². The van der Waals surface area contributed by atoms with Gasteiger partial charge < -0.3 is 30.2 Å². The van der Waals surface area contributed by atoms with Crippen molar-refractivity contribution in [3.05, 3.63) is 53.4 Å². The predicted molar refractivity (Wildman–Crippen MR) is 143 cm³/mol. The van der Waals surface area contributed by atoms with Gasteiger partial charge in [0.1, 0.15) is 12.8 Å². The molecule has 3 saturated carbocycles. The zero-order valence-corrected chi connectivity index (χ0v) is 24.1. The number of nitrogens with two attached hydrogens (primary N) is 1. The molecule has 0 unspecified atom stereocenters. The summed E-state index contributed by atoms with van der Waals surface area (Å²) in [5, 5.41) is 21.6. The van der Waals surface area contributed by atoms with E-state index in [1.807, 2.05) is 0 Å². The molecule has 1 saturated heterocycles. The lowest BCUT2D eigenvalue weighted by Gasteiger charge is -2.63. The van der Waals surface area contributed by atoms with Crippen LogP contribution in [0.25, 0.3) is 0 Å². The fourth-order valence-electron chi connectivity index (χ4n) is 8.74. The number of fused-ring (bicyclic) bond motifs is 7. The molecular weight excluding hydrogens is 593 g/mol. The van der Waals surface area contributed by atoms with Crippen LogP contribution in [0.3, 0.4) is 0 Å². The van der Waals surface area contributed by atoms with E-state index in [1.165, 1.54) is 19.1 Å². The summed E-state index contributed by atoms with van der Waals surface area (Å²) in [6.07, 6.45) is -2.96. The Morgan fingerprint density at radius 3 is 2.61 bits per heavy atom. The molecule has 1 aromatic rings. The minimum absolute atomic E-state index is 0.00410. The average Bonchev–Trinajstić information content (AvgIpc) is 3.48. The highest BCUT2D eigenvalue weighted by Crippen LogP contribution is 2.72. The summed E-state index contributed by atoms with van der Waals surface area (Å²) in [5.41, 5.74) is -2.26. The van der Waals surface area contributed by atoms with E-state index in [-0.39, 0.29) is 30.4 Å². The Hall–Kier alpha value is -2.71. The number of carbonyl (C=O) groups is 2. The largest absolute Gasteiger partial charge is 0.484 e. The van der Waals surface area contributed by atoms with Crippen molar-refractivity contribution in [1.82, 2.24) is 0 Å². The van der Waals surface area contributed by atoms with Gasteiger partial charge in [0, 0.05) is 22.3 Å². The number of carbonyl (C=O) groups excluding carboxylic acids is 2. The number of halogens is 5. The lowest BCUT2D eigenvalue weighted by Crippen LogP contribution is -2.70. The van der Waals surface area contributed by atoms with Gasteiger partial charge in [-0.25, -0.2) is 22.0 Å². The lowest BCUT2D eigenvalue weighted by molar-refractivity contribution is -0.235. The molecule has 240 valence electrons. The molecule has 4 aliphatic carbocycles. The highest BCUT2D eigenvalue weighted by molar-refractivity contribution is 6.01. The number of Topliss-reactive ketones (excluding diaryl/α,β-unsaturated/α-hetero) is 1. The van der Waals surface area contributed by atoms with Crippen molar-refractivity contribution in [1.29, 1.82) is 0 Å². The number of hydrogen-bond acceptors (Lipinski definition) is 8. The molecular formula is C31H34F5NO7. The number of aliphatic hydroxyl groups is 2. The SMILES string of the molecule is C[C@]12C=CC(=O)C=C1[C@@H](F)C[C@H]1[C@@H]3C[C@H]4O[C@@H](c5ccc(OCC(F)(F)CN)c(F)c5)O[C@@]4(C(=O)CO)[C@@]3(C)C[C@H](O)[C@@]12F. The molecule has 13 heteroatoms. The van der Waals surface area contributed by atoms with E-state index < -0.39 is 107 Å². The zero-order valence-electron chi connectivity index (χ0n) is 24.1. The summed E-state index contributed by atoms with van der Waals surface area (Å²) in [6.45, 7) is -0.0337. The smallest absolute Gasteiger partial charge is 0.293 e. The summed E-state index contributed by atoms with van der Waals surface area (Å²) >= 11 is 0. The standard InChI is InChI=1S/C31H34F5NO7/c1-27-6-5-16(39)8-19(27)20(32)9-18-17-10-25-31(24(41)12-38,28(17,2)11-23(40)30(18,27)36)44-26(43-25)15-3-4-22(21(33)7-15)42-14-29(34,35)13-37/h3-8,17-18,20,23,25-26,38,40H,9-14,37H2,1-2H3/t17-,18-,20-,23-,25+,26+,27-,28-,30-,31+/m0/s1. The van der Waals surface area contributed by atoms with Crippen LogP contribution in [0, 0.1) is 28.5 Å². The van der Waals surface area contributed by atoms with E-state index in [1.54, 1.807) is 6.92 Å². The van der Waals surface area contributed by atoms with Gasteiger partial charge in [0.05, 0.1) is 18.8 Å². The lowest BCUT2D eigenvalue weighted by atomic mass is 9.44. The number of benzene rings is 1. The summed E-state index contributed by atoms with van der Waals surface area (Å²) in [7, 11) is 0. The Kier molecular flexibility index (Phi) is 7.21. The van der Waals surface area contributed by atoms with E-state index in [9.17, 15) is 33.0 Å². The van der Waals surface area contributed by atoms with Gasteiger partial charge in [-0.3, -0.25) is 9.59 Å². The first-order valence-electron chi connectivity index (χ1n) is 14.5. The first kappa shape index (κ1) is 31.3. The molecule has 10 atom stereocenters. The van der Waals surface area contributed by atoms with E-state index in [0.29, 0.717) is 0 Å². The fourth-order valence-corrected chi connectivity index (χ4v) is 8.74. The van der Waals surface area contributed by atoms with E-state index in [4.69, 9.17) is 19.9 Å². The van der Waals surface area contributed by atoms with Gasteiger partial charge >= 0.3 is 0 Å². The molecule has 5 aliphatic rings. The number of ether oxygens (including phenoxy) is 3. The summed E-state index contributed by atoms with van der Waals surface area (Å²) < 4.78 is 92.4. The van der Waals surface area contributed by atoms with Gasteiger partial charge in [0.2, 0.25) is 0 Å². The number of hydrogen-bond donors (Lipinski definition) is 3. The molecule has 0 amide bonds. The number of rotatable bonds is 7. The van der Waals surface area contributed by atoms with Crippen LogP contribution < -0.4 is 10.5 Å². The van der Waals surface area contributed by atoms with Gasteiger partial charge in [-0.2, -0.15) is 0 Å². The normalized spacial score (nSPS) is 42.7. The molecule has 1 heterocycles. The van der Waals surface area contributed by atoms with Crippen molar-refractivity contribution in [2.45, 2.75) is 75.0 Å². The molecule has 0 spiro atoms. The first-order valence-corrected chi connectivity index (χ1v) is 14.5. The second-order valence-corrected chi connectivity index (χ2v) is 13.0. The first-order chi connectivity index (χ1) is 20.6. The van der Waals surface area contributed by atoms with Crippen LogP contribution >= 0.6 is 0 Å². The molecule has 0 bridgehead atoms. The van der Waals surface area contributed by atoms with Crippen molar-refractivity contribution >= 4 is 11.6 Å². The number of allylic oxidation sites excluding steroid dienone is 4. The Morgan fingerprint density at radius 1 is 1.23 bits per heavy atom. The van der Waals surface area contributed by atoms with E-state index in [0.717, 1.165) is 24.3 Å². The minimum atomic E-state index is -3.37. The second kappa shape index (κ2) is 10.1. The maximum Gasteiger partial charge on any atom is 0.293 e. The van der Waals surface area contributed by atoms with Crippen molar-refractivity contribution in [2.75, 3.05) is 19.8 Å². The maximum atomic E-state index is 17.5. The average molecular weight is 628 g/mol. The Labute approximate surface area is 250 Å². The molecule has 0 aromatic heterocycles. The van der Waals surface area contributed by atoms with Crippen LogP contribution in [0.5, 0.6) is 5.75 Å². The monoisotopic (exact) mass is 627 g/mol. The highest BCUT2D eigenvalue weighted by Gasteiger charge is 2.80. The molecule has 0 radical (unpaired) electrons. The van der Waals surface area contributed by atoms with Gasteiger partial charge in [-0.15, -0.1) is 0 Å². The molecule has 4 N–H and O–H groups in total. The summed E-state index contributed by atoms with van der Waals surface area (Å²) in [6, 6.07) is 3.36. The minimum Gasteiger partial charge on any atom is -0.484 e. The Bertz CT molecular complexity index is 1450. The van der Waals surface area contributed by atoms with Gasteiger partial charge in [-0.1, -0.05) is 19.1 Å². The highest BCUT2D eigenvalue weighted by atomic mass is 19.3. The molecule has 1 aliphatic heterocycles. The summed E-state index contributed by atoms with van der Waals surface area (Å²) in [5.74, 6) is -7.98.